The normalized spacial score (nSPS) is 17.3. The Morgan fingerprint density at radius 2 is 1.53 bits per heavy atom. The Kier molecular flexibility index (Phi) is 10.1. The fourth-order valence-electron chi connectivity index (χ4n) is 4.66. The van der Waals surface area contributed by atoms with Crippen LogP contribution in [0.1, 0.15) is 19.4 Å². The molecule has 0 spiro atoms. The van der Waals surface area contributed by atoms with Gasteiger partial charge in [0.1, 0.15) is 23.5 Å². The van der Waals surface area contributed by atoms with Gasteiger partial charge in [0.2, 0.25) is 5.91 Å². The lowest BCUT2D eigenvalue weighted by atomic mass is 10.0. The Labute approximate surface area is 248 Å². The van der Waals surface area contributed by atoms with Gasteiger partial charge in [0.25, 0.3) is 0 Å². The van der Waals surface area contributed by atoms with Crippen molar-refractivity contribution in [3.8, 4) is 5.75 Å². The van der Waals surface area contributed by atoms with Crippen molar-refractivity contribution in [3.63, 3.8) is 0 Å². The first-order valence-corrected chi connectivity index (χ1v) is 13.8. The number of nitrogens with zero attached hydrogens (tertiary/aromatic N) is 2. The second-order valence-electron chi connectivity index (χ2n) is 10.6. The van der Waals surface area contributed by atoms with Crippen LogP contribution in [-0.2, 0) is 11.2 Å². The maximum atomic E-state index is 13.4. The number of carbonyl (C=O) groups is 3. The van der Waals surface area contributed by atoms with E-state index in [0.29, 0.717) is 28.4 Å². The molecular weight excluding hydrogens is 560 g/mol. The molecule has 3 aromatic rings. The lowest BCUT2D eigenvalue weighted by Crippen LogP contribution is -2.48. The number of likely N-dealkylation sites (N-methyl/N-ethyl adjacent to an activating group) is 1. The number of hydrogen-bond acceptors (Lipinski definition) is 5. The van der Waals surface area contributed by atoms with Gasteiger partial charge in [0.05, 0.1) is 25.6 Å². The Morgan fingerprint density at radius 1 is 0.977 bits per heavy atom. The van der Waals surface area contributed by atoms with Crippen LogP contribution in [0.5, 0.6) is 5.75 Å². The Balaban J connectivity index is 1.55. The fraction of sp³-hybridized carbons (Fsp3) is 0.323. The molecule has 4 rings (SSSR count). The summed E-state index contributed by atoms with van der Waals surface area (Å²) in [4.78, 5) is 41.9. The summed E-state index contributed by atoms with van der Waals surface area (Å²) in [7, 11) is 1.61. The predicted molar refractivity (Wildman–Crippen MR) is 159 cm³/mol. The smallest absolute Gasteiger partial charge is 0.323 e. The molecule has 1 aliphatic rings. The van der Waals surface area contributed by atoms with Crippen LogP contribution in [0, 0.1) is 17.6 Å². The number of anilines is 3. The van der Waals surface area contributed by atoms with E-state index in [2.05, 4.69) is 16.0 Å². The lowest BCUT2D eigenvalue weighted by molar-refractivity contribution is -0.134. The highest BCUT2D eigenvalue weighted by Gasteiger charge is 2.32. The monoisotopic (exact) mass is 595 g/mol. The van der Waals surface area contributed by atoms with E-state index in [0.717, 1.165) is 0 Å². The minimum absolute atomic E-state index is 0.0465. The molecule has 3 aromatic carbocycles. The van der Waals surface area contributed by atoms with E-state index in [4.69, 9.17) is 4.74 Å². The molecule has 1 heterocycles. The first-order chi connectivity index (χ1) is 20.5. The van der Waals surface area contributed by atoms with Gasteiger partial charge in [-0.1, -0.05) is 6.92 Å². The predicted octanol–water partition coefficient (Wildman–Crippen LogP) is 4.92. The van der Waals surface area contributed by atoms with Gasteiger partial charge in [-0.2, -0.15) is 0 Å². The number of hydrogen-bond donors (Lipinski definition) is 4. The average molecular weight is 596 g/mol. The van der Waals surface area contributed by atoms with Crippen LogP contribution in [0.4, 0.5) is 35.4 Å². The molecule has 0 aliphatic carbocycles. The summed E-state index contributed by atoms with van der Waals surface area (Å²) in [5.41, 5.74) is 1.75. The summed E-state index contributed by atoms with van der Waals surface area (Å²) in [5.74, 6) is -0.898. The molecule has 0 bridgehead atoms. The SMILES string of the molecule is C[C@@H]1CN([C@@H](C)CO)C(=O)Cc2cc(NC(=O)Nc3ccc(F)cc3)ccc2O[C@@H]1CN(C)C(=O)Nc1ccc(F)cc1. The topological polar surface area (TPSA) is 123 Å². The molecule has 3 atom stereocenters. The van der Waals surface area contributed by atoms with Crippen LogP contribution in [0.3, 0.4) is 0 Å². The van der Waals surface area contributed by atoms with Gasteiger partial charge in [-0.3, -0.25) is 4.79 Å². The molecule has 0 saturated heterocycles. The fourth-order valence-corrected chi connectivity index (χ4v) is 4.66. The first kappa shape index (κ1) is 31.2. The third kappa shape index (κ3) is 8.41. The summed E-state index contributed by atoms with van der Waals surface area (Å²) >= 11 is 0. The number of halogens is 2. The summed E-state index contributed by atoms with van der Waals surface area (Å²) in [6.45, 7) is 3.85. The first-order valence-electron chi connectivity index (χ1n) is 13.8. The van der Waals surface area contributed by atoms with E-state index in [1.165, 1.54) is 53.4 Å². The van der Waals surface area contributed by atoms with Gasteiger partial charge >= 0.3 is 12.1 Å². The second-order valence-corrected chi connectivity index (χ2v) is 10.6. The van der Waals surface area contributed by atoms with Crippen LogP contribution in [0.15, 0.2) is 66.7 Å². The molecule has 0 radical (unpaired) electrons. The van der Waals surface area contributed by atoms with E-state index >= 15 is 0 Å². The standard InChI is InChI=1S/C31H35F2N5O5/c1-19-16-38(20(2)18-39)29(40)15-21-14-26(35-30(41)34-24-8-4-22(32)5-9-24)12-13-27(21)43-28(19)17-37(3)31(42)36-25-10-6-23(33)7-11-25/h4-14,19-20,28,39H,15-18H2,1-3H3,(H,36,42)(H2,34,35,41)/t19-,20+,28-/m1/s1. The molecule has 0 unspecified atom stereocenters. The molecule has 12 heteroatoms. The largest absolute Gasteiger partial charge is 0.488 e. The summed E-state index contributed by atoms with van der Waals surface area (Å²) in [6, 6.07) is 14.2. The van der Waals surface area contributed by atoms with Crippen LogP contribution in [0.25, 0.3) is 0 Å². The van der Waals surface area contributed by atoms with Gasteiger partial charge < -0.3 is 35.6 Å². The molecule has 43 heavy (non-hydrogen) atoms. The van der Waals surface area contributed by atoms with Gasteiger partial charge in [-0.25, -0.2) is 18.4 Å². The molecule has 10 nitrogen and oxygen atoms in total. The van der Waals surface area contributed by atoms with Gasteiger partial charge in [0, 0.05) is 42.1 Å². The van der Waals surface area contributed by atoms with Crippen molar-refractivity contribution < 1.29 is 33.0 Å². The lowest BCUT2D eigenvalue weighted by Gasteiger charge is -2.34. The van der Waals surface area contributed by atoms with Gasteiger partial charge in [-0.05, 0) is 73.7 Å². The van der Waals surface area contributed by atoms with Crippen LogP contribution < -0.4 is 20.7 Å². The molecule has 5 amide bonds. The molecule has 1 aliphatic heterocycles. The average Bonchev–Trinajstić information content (AvgIpc) is 3.02. The molecule has 4 N–H and O–H groups in total. The van der Waals surface area contributed by atoms with E-state index in [9.17, 15) is 28.3 Å². The summed E-state index contributed by atoms with van der Waals surface area (Å²) < 4.78 is 32.9. The number of fused-ring (bicyclic) bond motifs is 1. The highest BCUT2D eigenvalue weighted by molar-refractivity contribution is 6.00. The van der Waals surface area contributed by atoms with E-state index < -0.39 is 35.8 Å². The van der Waals surface area contributed by atoms with Crippen molar-refractivity contribution in [3.05, 3.63) is 83.9 Å². The number of benzene rings is 3. The quantitative estimate of drug-likeness (QED) is 0.309. The molecule has 228 valence electrons. The van der Waals surface area contributed by atoms with Gasteiger partial charge in [-0.15, -0.1) is 0 Å². The van der Waals surface area contributed by atoms with E-state index in [1.54, 1.807) is 37.1 Å². The van der Waals surface area contributed by atoms with Crippen LogP contribution >= 0.6 is 0 Å². The van der Waals surface area contributed by atoms with Crippen molar-refractivity contribution in [2.75, 3.05) is 42.7 Å². The molecular formula is C31H35F2N5O5. The van der Waals surface area contributed by atoms with Crippen molar-refractivity contribution in [2.45, 2.75) is 32.4 Å². The minimum atomic E-state index is -0.558. The zero-order valence-corrected chi connectivity index (χ0v) is 24.1. The third-order valence-corrected chi connectivity index (χ3v) is 7.17. The Bertz CT molecular complexity index is 1440. The second kappa shape index (κ2) is 14.0. The van der Waals surface area contributed by atoms with Crippen molar-refractivity contribution in [2.24, 2.45) is 5.92 Å². The van der Waals surface area contributed by atoms with Gasteiger partial charge in [0.15, 0.2) is 0 Å². The highest BCUT2D eigenvalue weighted by Crippen LogP contribution is 2.29. The maximum absolute atomic E-state index is 13.4. The number of aliphatic hydroxyl groups is 1. The van der Waals surface area contributed by atoms with Crippen molar-refractivity contribution >= 4 is 35.0 Å². The third-order valence-electron chi connectivity index (χ3n) is 7.17. The highest BCUT2D eigenvalue weighted by atomic mass is 19.1. The number of amides is 5. The Morgan fingerprint density at radius 3 is 2.14 bits per heavy atom. The van der Waals surface area contributed by atoms with Crippen LogP contribution in [-0.4, -0.2) is 71.8 Å². The summed E-state index contributed by atoms with van der Waals surface area (Å²) in [6.07, 6.45) is -0.600. The van der Waals surface area contributed by atoms with Crippen LogP contribution in [0.2, 0.25) is 0 Å². The summed E-state index contributed by atoms with van der Waals surface area (Å²) in [5, 5.41) is 17.9. The number of rotatable bonds is 7. The Hall–Kier alpha value is -4.71. The number of nitrogens with one attached hydrogen (secondary N) is 3. The minimum Gasteiger partial charge on any atom is -0.488 e. The maximum Gasteiger partial charge on any atom is 0.323 e. The number of urea groups is 2. The molecule has 0 saturated carbocycles. The van der Waals surface area contributed by atoms with E-state index in [1.807, 2.05) is 6.92 Å². The number of ether oxygens (including phenoxy) is 1. The molecule has 0 aromatic heterocycles. The number of carbonyl (C=O) groups excluding carboxylic acids is 3. The zero-order chi connectivity index (χ0) is 31.1. The molecule has 0 fully saturated rings. The van der Waals surface area contributed by atoms with Crippen molar-refractivity contribution in [1.29, 1.82) is 0 Å². The van der Waals surface area contributed by atoms with E-state index in [-0.39, 0.29) is 37.9 Å². The zero-order valence-electron chi connectivity index (χ0n) is 24.1. The number of aliphatic hydroxyl groups excluding tert-OH is 1. The van der Waals surface area contributed by atoms with Crippen molar-refractivity contribution in [1.82, 2.24) is 9.80 Å².